The van der Waals surface area contributed by atoms with E-state index >= 15 is 0 Å². The summed E-state index contributed by atoms with van der Waals surface area (Å²) in [6.07, 6.45) is -3.09. The number of carbonyl (C=O) groups is 2. The highest BCUT2D eigenvalue weighted by Gasteiger charge is 2.45. The molecule has 1 heterocycles. The van der Waals surface area contributed by atoms with Gasteiger partial charge in [-0.2, -0.15) is 0 Å². The molecule has 5 atom stereocenters. The van der Waals surface area contributed by atoms with Gasteiger partial charge in [0.25, 0.3) is 0 Å². The molecule has 0 aromatic rings. The predicted octanol–water partition coefficient (Wildman–Crippen LogP) is 3.50. The maximum Gasteiger partial charge on any atom is 0.313 e. The largest absolute Gasteiger partial charge is 0.462 e. The smallest absolute Gasteiger partial charge is 0.313 e. The van der Waals surface area contributed by atoms with Crippen LogP contribution in [0.3, 0.4) is 0 Å². The molecule has 24 heavy (non-hydrogen) atoms. The van der Waals surface area contributed by atoms with Gasteiger partial charge < -0.3 is 14.2 Å². The Hall–Kier alpha value is -1.17. The molecular weight excluding hydrogens is 315 g/mol. The fourth-order valence-electron chi connectivity index (χ4n) is 2.17. The van der Waals surface area contributed by atoms with E-state index in [9.17, 15) is 14.0 Å². The quantitative estimate of drug-likeness (QED) is 0.732. The zero-order valence-corrected chi connectivity index (χ0v) is 16.0. The van der Waals surface area contributed by atoms with Crippen LogP contribution in [-0.4, -0.2) is 37.1 Å². The summed E-state index contributed by atoms with van der Waals surface area (Å²) in [5.74, 6) is -1.50. The molecule has 0 aliphatic carbocycles. The molecule has 0 amide bonds. The molecule has 1 aliphatic rings. The van der Waals surface area contributed by atoms with Crippen LogP contribution < -0.4 is 0 Å². The molecule has 0 radical (unpaired) electrons. The minimum absolute atomic E-state index is 0.197. The Kier molecular flexibility index (Phi) is 6.42. The van der Waals surface area contributed by atoms with Crippen LogP contribution in [0.5, 0.6) is 0 Å². The van der Waals surface area contributed by atoms with Crippen LogP contribution in [0.1, 0.15) is 55.4 Å². The fourth-order valence-corrected chi connectivity index (χ4v) is 2.17. The summed E-state index contributed by atoms with van der Waals surface area (Å²) in [5, 5.41) is 0. The highest BCUT2D eigenvalue weighted by Crippen LogP contribution is 2.34. The number of carbonyl (C=O) groups excluding carboxylic acids is 2. The molecule has 0 saturated carbocycles. The van der Waals surface area contributed by atoms with Crippen molar-refractivity contribution in [3.8, 4) is 0 Å². The van der Waals surface area contributed by atoms with E-state index < -0.39 is 41.3 Å². The first-order valence-corrected chi connectivity index (χ1v) is 8.43. The summed E-state index contributed by atoms with van der Waals surface area (Å²) < 4.78 is 30.7. The minimum atomic E-state index is -1.29. The van der Waals surface area contributed by atoms with Crippen molar-refractivity contribution in [2.24, 2.45) is 22.7 Å². The molecule has 5 nitrogen and oxygen atoms in total. The number of hydrogen-bond donors (Lipinski definition) is 0. The summed E-state index contributed by atoms with van der Waals surface area (Å²) in [7, 11) is 0. The number of ether oxygens (including phenoxy) is 3. The van der Waals surface area contributed by atoms with Crippen molar-refractivity contribution in [3.05, 3.63) is 0 Å². The van der Waals surface area contributed by atoms with E-state index in [1.807, 2.05) is 0 Å². The average molecular weight is 346 g/mol. The molecule has 1 aliphatic heterocycles. The third-order valence-corrected chi connectivity index (χ3v) is 4.25. The van der Waals surface area contributed by atoms with Crippen LogP contribution >= 0.6 is 0 Å². The molecule has 1 fully saturated rings. The second-order valence-corrected chi connectivity index (χ2v) is 8.71. The van der Waals surface area contributed by atoms with Gasteiger partial charge >= 0.3 is 11.9 Å². The predicted molar refractivity (Wildman–Crippen MR) is 87.8 cm³/mol. The Morgan fingerprint density at radius 1 is 0.958 bits per heavy atom. The summed E-state index contributed by atoms with van der Waals surface area (Å²) in [6.45, 7) is 13.7. The lowest BCUT2D eigenvalue weighted by molar-refractivity contribution is -0.257. The molecule has 1 saturated heterocycles. The topological polar surface area (TPSA) is 61.8 Å². The number of halogens is 1. The van der Waals surface area contributed by atoms with E-state index in [0.717, 1.165) is 0 Å². The normalized spacial score (nSPS) is 31.5. The van der Waals surface area contributed by atoms with Gasteiger partial charge in [-0.05, 0) is 47.5 Å². The molecule has 6 heteroatoms. The SMILES string of the molecule is CC1C(OC(=O)C(C)(C)C)OC(COC(=O)C(C)(C)C)C(F)C1C. The molecule has 1 rings (SSSR count). The van der Waals surface area contributed by atoms with E-state index in [1.54, 1.807) is 55.4 Å². The van der Waals surface area contributed by atoms with Crippen molar-refractivity contribution in [3.63, 3.8) is 0 Å². The Morgan fingerprint density at radius 2 is 1.46 bits per heavy atom. The van der Waals surface area contributed by atoms with Gasteiger partial charge in [-0.15, -0.1) is 0 Å². The molecule has 0 bridgehead atoms. The van der Waals surface area contributed by atoms with Crippen LogP contribution in [0.25, 0.3) is 0 Å². The Labute approximate surface area is 144 Å². The number of rotatable bonds is 3. The maximum absolute atomic E-state index is 14.5. The maximum atomic E-state index is 14.5. The van der Waals surface area contributed by atoms with E-state index in [0.29, 0.717) is 0 Å². The third-order valence-electron chi connectivity index (χ3n) is 4.25. The second kappa shape index (κ2) is 7.38. The summed E-state index contributed by atoms with van der Waals surface area (Å²) in [4.78, 5) is 24.0. The Balaban J connectivity index is 2.76. The Bertz CT molecular complexity index is 461. The van der Waals surface area contributed by atoms with Gasteiger partial charge in [-0.3, -0.25) is 9.59 Å². The molecule has 0 aromatic carbocycles. The van der Waals surface area contributed by atoms with Crippen molar-refractivity contribution < 1.29 is 28.2 Å². The van der Waals surface area contributed by atoms with Crippen molar-refractivity contribution in [1.29, 1.82) is 0 Å². The van der Waals surface area contributed by atoms with Gasteiger partial charge in [0.15, 0.2) is 0 Å². The number of hydrogen-bond acceptors (Lipinski definition) is 5. The highest BCUT2D eigenvalue weighted by molar-refractivity contribution is 5.75. The number of esters is 2. The summed E-state index contributed by atoms with van der Waals surface area (Å²) in [5.41, 5.74) is -1.34. The van der Waals surface area contributed by atoms with Crippen molar-refractivity contribution in [1.82, 2.24) is 0 Å². The van der Waals surface area contributed by atoms with Crippen molar-refractivity contribution in [2.45, 2.75) is 74.0 Å². The van der Waals surface area contributed by atoms with Gasteiger partial charge in [0.1, 0.15) is 18.9 Å². The highest BCUT2D eigenvalue weighted by atomic mass is 19.1. The molecular formula is C18H31FO5. The summed E-state index contributed by atoms with van der Waals surface area (Å²) in [6, 6.07) is 0. The standard InChI is InChI=1S/C18H31FO5/c1-10-11(2)14(24-16(21)18(6,7)8)23-12(13(10)19)9-22-15(20)17(3,4)5/h10-14H,9H2,1-8H3. The Morgan fingerprint density at radius 3 is 1.92 bits per heavy atom. The number of alkyl halides is 1. The van der Waals surface area contributed by atoms with E-state index in [1.165, 1.54) is 0 Å². The molecule has 0 aromatic heterocycles. The average Bonchev–Trinajstić information content (AvgIpc) is 2.44. The van der Waals surface area contributed by atoms with Crippen molar-refractivity contribution in [2.75, 3.05) is 6.61 Å². The van der Waals surface area contributed by atoms with Crippen LogP contribution in [-0.2, 0) is 23.8 Å². The van der Waals surface area contributed by atoms with Crippen LogP contribution in [0.4, 0.5) is 4.39 Å². The zero-order chi connectivity index (χ0) is 18.9. The van der Waals surface area contributed by atoms with Gasteiger partial charge in [-0.25, -0.2) is 4.39 Å². The summed E-state index contributed by atoms with van der Waals surface area (Å²) >= 11 is 0. The van der Waals surface area contributed by atoms with Crippen LogP contribution in [0, 0.1) is 22.7 Å². The first-order chi connectivity index (χ1) is 10.7. The molecule has 140 valence electrons. The zero-order valence-electron chi connectivity index (χ0n) is 16.0. The van der Waals surface area contributed by atoms with E-state index in [2.05, 4.69) is 0 Å². The fraction of sp³-hybridized carbons (Fsp3) is 0.889. The van der Waals surface area contributed by atoms with Gasteiger partial charge in [0.2, 0.25) is 6.29 Å². The van der Waals surface area contributed by atoms with E-state index in [-0.39, 0.29) is 18.4 Å². The first kappa shape index (κ1) is 20.9. The lowest BCUT2D eigenvalue weighted by Gasteiger charge is -2.41. The van der Waals surface area contributed by atoms with Crippen LogP contribution in [0.15, 0.2) is 0 Å². The van der Waals surface area contributed by atoms with E-state index in [4.69, 9.17) is 14.2 Å². The van der Waals surface area contributed by atoms with Gasteiger partial charge in [-0.1, -0.05) is 13.8 Å². The lowest BCUT2D eigenvalue weighted by Crippen LogP contribution is -2.51. The van der Waals surface area contributed by atoms with Gasteiger partial charge in [0.05, 0.1) is 10.8 Å². The lowest BCUT2D eigenvalue weighted by atomic mass is 9.85. The van der Waals surface area contributed by atoms with Gasteiger partial charge in [0, 0.05) is 5.92 Å². The monoisotopic (exact) mass is 346 g/mol. The van der Waals surface area contributed by atoms with Crippen molar-refractivity contribution >= 4 is 11.9 Å². The minimum Gasteiger partial charge on any atom is -0.462 e. The molecule has 0 spiro atoms. The molecule has 0 N–H and O–H groups in total. The third kappa shape index (κ3) is 5.16. The second-order valence-electron chi connectivity index (χ2n) is 8.71. The molecule has 5 unspecified atom stereocenters. The van der Waals surface area contributed by atoms with Crippen LogP contribution in [0.2, 0.25) is 0 Å². The first-order valence-electron chi connectivity index (χ1n) is 8.43.